The molecule has 1 amide bonds. The summed E-state index contributed by atoms with van der Waals surface area (Å²) >= 11 is 1.42. The lowest BCUT2D eigenvalue weighted by Crippen LogP contribution is -2.19. The molecule has 0 spiro atoms. The Morgan fingerprint density at radius 1 is 1.40 bits per heavy atom. The third-order valence-corrected chi connectivity index (χ3v) is 4.05. The van der Waals surface area contributed by atoms with Crippen LogP contribution in [-0.4, -0.2) is 10.9 Å². The van der Waals surface area contributed by atoms with E-state index in [1.54, 1.807) is 12.1 Å². The highest BCUT2D eigenvalue weighted by Crippen LogP contribution is 2.40. The fraction of sp³-hybridized carbons (Fsp3) is 0.267. The second-order valence-corrected chi connectivity index (χ2v) is 5.67. The van der Waals surface area contributed by atoms with Crippen molar-refractivity contribution in [2.75, 3.05) is 5.32 Å². The summed E-state index contributed by atoms with van der Waals surface area (Å²) in [4.78, 5) is 16.6. The second-order valence-electron chi connectivity index (χ2n) is 4.81. The number of rotatable bonds is 4. The number of nitriles is 1. The Morgan fingerprint density at radius 3 is 2.80 bits per heavy atom. The van der Waals surface area contributed by atoms with Crippen LogP contribution in [0.5, 0.6) is 0 Å². The Kier molecular flexibility index (Phi) is 3.48. The summed E-state index contributed by atoms with van der Waals surface area (Å²) in [5.74, 6) is -0.558. The van der Waals surface area contributed by atoms with Gasteiger partial charge < -0.3 is 5.32 Å². The molecule has 1 heterocycles. The Balaban J connectivity index is 1.72. The first-order chi connectivity index (χ1) is 9.78. The number of benzene rings is 1. The van der Waals surface area contributed by atoms with Gasteiger partial charge in [0.25, 0.3) is 0 Å². The predicted molar refractivity (Wildman–Crippen MR) is 77.5 cm³/mol. The zero-order valence-corrected chi connectivity index (χ0v) is 11.6. The molecule has 1 N–H and O–H groups in total. The lowest BCUT2D eigenvalue weighted by Gasteiger charge is -2.08. The van der Waals surface area contributed by atoms with E-state index in [4.69, 9.17) is 0 Å². The maximum absolute atomic E-state index is 12.2. The van der Waals surface area contributed by atoms with Crippen LogP contribution in [0.15, 0.2) is 35.7 Å². The third kappa shape index (κ3) is 2.70. The molecule has 4 nitrogen and oxygen atoms in total. The smallest absolute Gasteiger partial charge is 0.248 e. The zero-order valence-electron chi connectivity index (χ0n) is 10.7. The molecule has 0 aliphatic heterocycles. The molecule has 1 fully saturated rings. The van der Waals surface area contributed by atoms with Gasteiger partial charge in [-0.1, -0.05) is 30.3 Å². The quantitative estimate of drug-likeness (QED) is 0.936. The van der Waals surface area contributed by atoms with Crippen molar-refractivity contribution in [1.29, 1.82) is 5.26 Å². The highest BCUT2D eigenvalue weighted by atomic mass is 32.1. The van der Waals surface area contributed by atoms with E-state index in [9.17, 15) is 10.1 Å². The fourth-order valence-electron chi connectivity index (χ4n) is 2.02. The van der Waals surface area contributed by atoms with Crippen molar-refractivity contribution in [1.82, 2.24) is 4.98 Å². The molecule has 0 radical (unpaired) electrons. The number of carbonyl (C=O) groups excluding carboxylic acids is 1. The van der Waals surface area contributed by atoms with E-state index in [1.165, 1.54) is 24.2 Å². The van der Waals surface area contributed by atoms with Crippen molar-refractivity contribution in [3.8, 4) is 6.07 Å². The molecule has 1 aliphatic carbocycles. The van der Waals surface area contributed by atoms with Gasteiger partial charge in [0.1, 0.15) is 0 Å². The number of anilines is 1. The van der Waals surface area contributed by atoms with Gasteiger partial charge in [0.15, 0.2) is 11.0 Å². The normalized spacial score (nSPS) is 15.3. The molecule has 1 aromatic heterocycles. The van der Waals surface area contributed by atoms with Crippen LogP contribution in [0.25, 0.3) is 0 Å². The van der Waals surface area contributed by atoms with Gasteiger partial charge in [-0.2, -0.15) is 5.26 Å². The van der Waals surface area contributed by atoms with Gasteiger partial charge in [0.05, 0.1) is 11.8 Å². The maximum Gasteiger partial charge on any atom is 0.248 e. The molecular weight excluding hydrogens is 270 g/mol. The monoisotopic (exact) mass is 283 g/mol. The van der Waals surface area contributed by atoms with E-state index >= 15 is 0 Å². The number of nitrogens with one attached hydrogen (secondary N) is 1. The first-order valence-electron chi connectivity index (χ1n) is 6.49. The number of hydrogen-bond acceptors (Lipinski definition) is 4. The summed E-state index contributed by atoms with van der Waals surface area (Å²) in [5.41, 5.74) is 1.75. The number of carbonyl (C=O) groups is 1. The van der Waals surface area contributed by atoms with Gasteiger partial charge in [-0.25, -0.2) is 4.98 Å². The Labute approximate surface area is 121 Å². The van der Waals surface area contributed by atoms with Crippen molar-refractivity contribution in [3.05, 3.63) is 47.0 Å². The number of amides is 1. The molecule has 1 aromatic carbocycles. The minimum atomic E-state index is -0.801. The van der Waals surface area contributed by atoms with Crippen molar-refractivity contribution in [2.45, 2.75) is 24.7 Å². The molecule has 0 saturated heterocycles. The first-order valence-corrected chi connectivity index (χ1v) is 7.36. The topological polar surface area (TPSA) is 65.8 Å². The van der Waals surface area contributed by atoms with E-state index in [1.807, 2.05) is 29.6 Å². The van der Waals surface area contributed by atoms with Crippen LogP contribution < -0.4 is 5.32 Å². The summed E-state index contributed by atoms with van der Waals surface area (Å²) in [5, 5.41) is 14.5. The molecular formula is C15H13N3OS. The maximum atomic E-state index is 12.2. The molecule has 20 heavy (non-hydrogen) atoms. The molecule has 5 heteroatoms. The fourth-order valence-corrected chi connectivity index (χ4v) is 2.81. The van der Waals surface area contributed by atoms with Crippen molar-refractivity contribution < 1.29 is 4.79 Å². The average molecular weight is 283 g/mol. The van der Waals surface area contributed by atoms with E-state index < -0.39 is 5.92 Å². The van der Waals surface area contributed by atoms with Crippen LogP contribution in [0.2, 0.25) is 0 Å². The average Bonchev–Trinajstić information content (AvgIpc) is 3.22. The van der Waals surface area contributed by atoms with Crippen LogP contribution in [-0.2, 0) is 4.79 Å². The SMILES string of the molecule is N#CC(C(=O)Nc1nc(C2CC2)cs1)c1ccccc1. The Bertz CT molecular complexity index is 655. The lowest BCUT2D eigenvalue weighted by molar-refractivity contribution is -0.116. The molecule has 1 atom stereocenters. The zero-order chi connectivity index (χ0) is 13.9. The summed E-state index contributed by atoms with van der Waals surface area (Å²) in [6, 6.07) is 11.1. The van der Waals surface area contributed by atoms with Gasteiger partial charge >= 0.3 is 0 Å². The van der Waals surface area contributed by atoms with Crippen molar-refractivity contribution in [2.24, 2.45) is 0 Å². The van der Waals surface area contributed by atoms with Gasteiger partial charge in [-0.15, -0.1) is 11.3 Å². The molecule has 1 saturated carbocycles. The van der Waals surface area contributed by atoms with Crippen molar-refractivity contribution in [3.63, 3.8) is 0 Å². The van der Waals surface area contributed by atoms with Crippen LogP contribution >= 0.6 is 11.3 Å². The van der Waals surface area contributed by atoms with Crippen LogP contribution in [0.4, 0.5) is 5.13 Å². The first kappa shape index (κ1) is 12.8. The third-order valence-electron chi connectivity index (χ3n) is 3.27. The van der Waals surface area contributed by atoms with Crippen LogP contribution in [0.1, 0.15) is 35.9 Å². The standard InChI is InChI=1S/C15H13N3OS/c16-8-12(10-4-2-1-3-5-10)14(19)18-15-17-13(9-20-15)11-6-7-11/h1-5,9,11-12H,6-7H2,(H,17,18,19). The molecule has 2 aromatic rings. The summed E-state index contributed by atoms with van der Waals surface area (Å²) < 4.78 is 0. The van der Waals surface area contributed by atoms with E-state index in [0.717, 1.165) is 5.69 Å². The Morgan fingerprint density at radius 2 is 2.15 bits per heavy atom. The molecule has 3 rings (SSSR count). The summed E-state index contributed by atoms with van der Waals surface area (Å²) in [6.45, 7) is 0. The predicted octanol–water partition coefficient (Wildman–Crippen LogP) is 3.27. The largest absolute Gasteiger partial charge is 0.301 e. The number of nitrogens with zero attached hydrogens (tertiary/aromatic N) is 2. The minimum absolute atomic E-state index is 0.324. The number of hydrogen-bond donors (Lipinski definition) is 1. The molecule has 0 bridgehead atoms. The molecule has 100 valence electrons. The minimum Gasteiger partial charge on any atom is -0.301 e. The second kappa shape index (κ2) is 5.43. The van der Waals surface area contributed by atoms with Crippen LogP contribution in [0.3, 0.4) is 0 Å². The molecule has 1 unspecified atom stereocenters. The van der Waals surface area contributed by atoms with Crippen molar-refractivity contribution >= 4 is 22.4 Å². The van der Waals surface area contributed by atoms with E-state index in [-0.39, 0.29) is 5.91 Å². The Hall–Kier alpha value is -2.19. The highest BCUT2D eigenvalue weighted by Gasteiger charge is 2.27. The number of aromatic nitrogens is 1. The van der Waals surface area contributed by atoms with E-state index in [2.05, 4.69) is 10.3 Å². The van der Waals surface area contributed by atoms with Gasteiger partial charge in [-0.05, 0) is 18.4 Å². The lowest BCUT2D eigenvalue weighted by atomic mass is 10.0. The van der Waals surface area contributed by atoms with Gasteiger partial charge in [0, 0.05) is 11.3 Å². The van der Waals surface area contributed by atoms with E-state index in [0.29, 0.717) is 16.6 Å². The summed E-state index contributed by atoms with van der Waals surface area (Å²) in [6.07, 6.45) is 2.36. The molecule has 1 aliphatic rings. The van der Waals surface area contributed by atoms with Gasteiger partial charge in [-0.3, -0.25) is 4.79 Å². The number of thiazole rings is 1. The van der Waals surface area contributed by atoms with Crippen LogP contribution in [0, 0.1) is 11.3 Å². The summed E-state index contributed by atoms with van der Waals surface area (Å²) in [7, 11) is 0. The highest BCUT2D eigenvalue weighted by molar-refractivity contribution is 7.13. The van der Waals surface area contributed by atoms with Gasteiger partial charge in [0.2, 0.25) is 5.91 Å².